The van der Waals surface area contributed by atoms with E-state index in [0.717, 1.165) is 63.9 Å². The molecule has 1 N–H and O–H groups in total. The van der Waals surface area contributed by atoms with E-state index in [1.54, 1.807) is 29.2 Å². The molecule has 3 aliphatic heterocycles. The number of aromatic nitrogens is 2. The molecule has 53 heavy (non-hydrogen) atoms. The van der Waals surface area contributed by atoms with Gasteiger partial charge in [0.25, 0.3) is 11.5 Å². The van der Waals surface area contributed by atoms with Crippen LogP contribution in [0.4, 0.5) is 4.39 Å². The first-order valence-corrected chi connectivity index (χ1v) is 19.8. The second kappa shape index (κ2) is 16.9. The largest absolute Gasteiger partial charge is 0.338 e. The zero-order chi connectivity index (χ0) is 36.9. The minimum Gasteiger partial charge on any atom is -0.338 e. The summed E-state index contributed by atoms with van der Waals surface area (Å²) >= 11 is 0. The topological polar surface area (TPSA) is 113 Å². The minimum absolute atomic E-state index is 0.00152. The van der Waals surface area contributed by atoms with Crippen molar-refractivity contribution in [3.8, 4) is 0 Å². The molecule has 1 unspecified atom stereocenters. The molecule has 4 heterocycles. The summed E-state index contributed by atoms with van der Waals surface area (Å²) in [5.74, 6) is 0.623. The van der Waals surface area contributed by atoms with Crippen LogP contribution >= 0.6 is 0 Å². The van der Waals surface area contributed by atoms with Crippen molar-refractivity contribution in [2.24, 2.45) is 11.8 Å². The second-order valence-corrected chi connectivity index (χ2v) is 15.8. The van der Waals surface area contributed by atoms with Crippen LogP contribution in [-0.4, -0.2) is 130 Å². The van der Waals surface area contributed by atoms with E-state index in [-0.39, 0.29) is 29.0 Å². The second-order valence-electron chi connectivity index (χ2n) is 15.8. The van der Waals surface area contributed by atoms with E-state index in [2.05, 4.69) is 31.8 Å². The van der Waals surface area contributed by atoms with Gasteiger partial charge in [-0.05, 0) is 81.3 Å². The number of hydrogen-bond acceptors (Lipinski definition) is 7. The van der Waals surface area contributed by atoms with Crippen LogP contribution in [0.2, 0.25) is 0 Å². The fourth-order valence-electron chi connectivity index (χ4n) is 8.98. The summed E-state index contributed by atoms with van der Waals surface area (Å²) < 4.78 is 15.0. The zero-order valence-electron chi connectivity index (χ0n) is 31.1. The average molecular weight is 728 g/mol. The number of nitrogens with zero attached hydrogens (tertiary/aromatic N) is 6. The Morgan fingerprint density at radius 1 is 0.792 bits per heavy atom. The highest BCUT2D eigenvalue weighted by Gasteiger charge is 2.32. The number of amides is 3. The van der Waals surface area contributed by atoms with Crippen LogP contribution in [0.1, 0.15) is 79.9 Å². The summed E-state index contributed by atoms with van der Waals surface area (Å²) in [5, 5.41) is 8.01. The highest BCUT2D eigenvalue weighted by atomic mass is 19.1. The summed E-state index contributed by atoms with van der Waals surface area (Å²) in [6.07, 6.45) is 9.45. The lowest BCUT2D eigenvalue weighted by Gasteiger charge is -2.43. The van der Waals surface area contributed by atoms with Gasteiger partial charge in [-0.2, -0.15) is 5.10 Å². The van der Waals surface area contributed by atoms with Gasteiger partial charge in [0.1, 0.15) is 5.82 Å². The van der Waals surface area contributed by atoms with Crippen molar-refractivity contribution in [1.29, 1.82) is 0 Å². The highest BCUT2D eigenvalue weighted by molar-refractivity contribution is 5.95. The lowest BCUT2D eigenvalue weighted by molar-refractivity contribution is -0.137. The number of piperazine rings is 2. The smallest absolute Gasteiger partial charge is 0.272 e. The summed E-state index contributed by atoms with van der Waals surface area (Å²) in [6, 6.07) is 12.0. The summed E-state index contributed by atoms with van der Waals surface area (Å²) in [6.45, 7) is 9.66. The molecule has 3 amide bonds. The van der Waals surface area contributed by atoms with Crippen molar-refractivity contribution < 1.29 is 18.8 Å². The van der Waals surface area contributed by atoms with Gasteiger partial charge in [0.2, 0.25) is 11.8 Å². The first-order chi connectivity index (χ1) is 25.7. The highest BCUT2D eigenvalue weighted by Crippen LogP contribution is 2.28. The van der Waals surface area contributed by atoms with Gasteiger partial charge in [-0.25, -0.2) is 9.49 Å². The maximum atomic E-state index is 15.0. The van der Waals surface area contributed by atoms with Crippen LogP contribution in [0.5, 0.6) is 0 Å². The van der Waals surface area contributed by atoms with E-state index in [0.29, 0.717) is 73.5 Å². The first kappa shape index (κ1) is 37.2. The van der Waals surface area contributed by atoms with E-state index >= 15 is 0 Å². The van der Waals surface area contributed by atoms with Gasteiger partial charge in [-0.1, -0.05) is 43.5 Å². The van der Waals surface area contributed by atoms with Gasteiger partial charge >= 0.3 is 0 Å². The maximum Gasteiger partial charge on any atom is 0.272 e. The molecule has 4 aliphatic rings. The molecular formula is C41H54FN7O4. The fourth-order valence-corrected chi connectivity index (χ4v) is 8.98. The Morgan fingerprint density at radius 3 is 2.25 bits per heavy atom. The number of nitrogens with one attached hydrogen (secondary N) is 1. The summed E-state index contributed by atoms with van der Waals surface area (Å²) in [7, 11) is 0. The number of piperidine rings is 1. The lowest BCUT2D eigenvalue weighted by Crippen LogP contribution is -2.55. The molecule has 3 aromatic rings. The van der Waals surface area contributed by atoms with E-state index in [1.807, 2.05) is 17.0 Å². The fraction of sp³-hybridized carbons (Fsp3) is 0.585. The molecule has 1 aromatic heterocycles. The van der Waals surface area contributed by atoms with Crippen LogP contribution in [0, 0.1) is 17.7 Å². The Bertz CT molecular complexity index is 1830. The Kier molecular flexibility index (Phi) is 11.8. The monoisotopic (exact) mass is 727 g/mol. The van der Waals surface area contributed by atoms with E-state index < -0.39 is 5.82 Å². The maximum absolute atomic E-state index is 15.0. The van der Waals surface area contributed by atoms with Gasteiger partial charge in [-0.15, -0.1) is 0 Å². The molecule has 284 valence electrons. The van der Waals surface area contributed by atoms with Crippen molar-refractivity contribution in [2.45, 2.75) is 70.8 Å². The van der Waals surface area contributed by atoms with Gasteiger partial charge in [0, 0.05) is 76.6 Å². The molecule has 0 spiro atoms. The van der Waals surface area contributed by atoms with Crippen LogP contribution in [0.25, 0.3) is 10.8 Å². The average Bonchev–Trinajstić information content (AvgIpc) is 3.17. The molecule has 11 nitrogen and oxygen atoms in total. The number of rotatable bonds is 9. The Morgan fingerprint density at radius 2 is 1.51 bits per heavy atom. The molecule has 7 rings (SSSR count). The van der Waals surface area contributed by atoms with Gasteiger partial charge in [-0.3, -0.25) is 29.0 Å². The number of halogens is 1. The first-order valence-electron chi connectivity index (χ1n) is 19.8. The molecular weight excluding hydrogens is 673 g/mol. The molecule has 1 saturated carbocycles. The summed E-state index contributed by atoms with van der Waals surface area (Å²) in [4.78, 5) is 62.4. The number of carbonyl (C=O) groups excluding carboxylic acids is 3. The molecule has 1 atom stereocenters. The van der Waals surface area contributed by atoms with Gasteiger partial charge in [0.05, 0.1) is 23.2 Å². The summed E-state index contributed by atoms with van der Waals surface area (Å²) in [5.41, 5.74) is 1.08. The Hall–Kier alpha value is -4.16. The third-order valence-electron chi connectivity index (χ3n) is 12.1. The van der Waals surface area contributed by atoms with Crippen molar-refractivity contribution >= 4 is 28.5 Å². The standard InChI is InChI=1S/C41H54FN7O4/c1-29-26-46(17-22-49(29)38(50)25-30-7-3-2-4-8-30)27-31-13-15-45(16-14-31)28-39(51)47-18-20-48(21-19-47)41(53)35-23-32(11-12-36(35)42)24-37-33-9-5-6-10-34(33)40(52)44-43-37/h5-6,9-12,23,29-31H,2-4,7-8,13-22,24-28H2,1H3,(H,44,52). The number of fused-ring (bicyclic) bond motifs is 1. The van der Waals surface area contributed by atoms with Crippen molar-refractivity contribution in [3.63, 3.8) is 0 Å². The van der Waals surface area contributed by atoms with E-state index in [4.69, 9.17) is 0 Å². The quantitative estimate of drug-likeness (QED) is 0.353. The number of aromatic amines is 1. The molecule has 3 saturated heterocycles. The number of likely N-dealkylation sites (tertiary alicyclic amines) is 1. The van der Waals surface area contributed by atoms with Crippen LogP contribution in [0.15, 0.2) is 47.3 Å². The predicted octanol–water partition coefficient (Wildman–Crippen LogP) is 4.15. The van der Waals surface area contributed by atoms with Crippen LogP contribution < -0.4 is 5.56 Å². The zero-order valence-corrected chi connectivity index (χ0v) is 31.1. The molecule has 4 fully saturated rings. The van der Waals surface area contributed by atoms with Crippen molar-refractivity contribution in [2.75, 3.05) is 72.0 Å². The molecule has 0 radical (unpaired) electrons. The molecule has 12 heteroatoms. The van der Waals surface area contributed by atoms with E-state index in [9.17, 15) is 23.6 Å². The molecule has 2 aromatic carbocycles. The van der Waals surface area contributed by atoms with Gasteiger partial charge < -0.3 is 14.7 Å². The van der Waals surface area contributed by atoms with Crippen LogP contribution in [-0.2, 0) is 16.0 Å². The predicted molar refractivity (Wildman–Crippen MR) is 202 cm³/mol. The van der Waals surface area contributed by atoms with Crippen LogP contribution in [0.3, 0.4) is 0 Å². The van der Waals surface area contributed by atoms with Gasteiger partial charge in [0.15, 0.2) is 0 Å². The van der Waals surface area contributed by atoms with E-state index in [1.165, 1.54) is 38.2 Å². The molecule has 1 aliphatic carbocycles. The number of carbonyl (C=O) groups is 3. The Labute approximate surface area is 311 Å². The van der Waals surface area contributed by atoms with Crippen molar-refractivity contribution in [1.82, 2.24) is 34.7 Å². The normalized spacial score (nSPS) is 21.3. The lowest BCUT2D eigenvalue weighted by atomic mass is 9.86. The Balaban J connectivity index is 0.834. The minimum atomic E-state index is -0.586. The number of hydrogen-bond donors (Lipinski definition) is 1. The third kappa shape index (κ3) is 8.97. The third-order valence-corrected chi connectivity index (χ3v) is 12.1. The SMILES string of the molecule is CC1CN(CC2CCN(CC(=O)N3CCN(C(=O)c4cc(Cc5n[nH]c(=O)c6ccccc56)ccc4F)CC3)CC2)CCN1C(=O)CC1CCCCC1. The van der Waals surface area contributed by atoms with Crippen molar-refractivity contribution in [3.05, 3.63) is 75.5 Å². The number of H-pyrrole nitrogens is 1. The number of benzene rings is 2. The molecule has 0 bridgehead atoms.